The van der Waals surface area contributed by atoms with Crippen molar-refractivity contribution in [3.8, 4) is 0 Å². The summed E-state index contributed by atoms with van der Waals surface area (Å²) in [6, 6.07) is 10.6. The van der Waals surface area contributed by atoms with Crippen molar-refractivity contribution in [3.05, 3.63) is 35.9 Å². The van der Waals surface area contributed by atoms with Crippen LogP contribution in [0, 0.1) is 11.3 Å². The van der Waals surface area contributed by atoms with Gasteiger partial charge in [0.15, 0.2) is 0 Å². The summed E-state index contributed by atoms with van der Waals surface area (Å²) < 4.78 is 6.00. The van der Waals surface area contributed by atoms with Gasteiger partial charge in [0.1, 0.15) is 0 Å². The molecule has 1 aromatic carbocycles. The molecular weight excluding hydrogens is 324 g/mol. The Hall–Kier alpha value is -1.39. The molecule has 1 aromatic rings. The summed E-state index contributed by atoms with van der Waals surface area (Å²) in [5.74, 6) is 0.665. The number of nitrogens with one attached hydrogen (secondary N) is 1. The van der Waals surface area contributed by atoms with Gasteiger partial charge in [0.25, 0.3) is 0 Å². The van der Waals surface area contributed by atoms with Crippen LogP contribution in [0.2, 0.25) is 0 Å². The van der Waals surface area contributed by atoms with Crippen molar-refractivity contribution >= 4 is 5.91 Å². The molecule has 1 N–H and O–H groups in total. The molecule has 0 bridgehead atoms. The SMILES string of the molecule is CC(C)C1CC(CC(=O)NCCCN(C)C)(Cc2ccccc2)CCO1. The average molecular weight is 361 g/mol. The highest BCUT2D eigenvalue weighted by Crippen LogP contribution is 2.41. The van der Waals surface area contributed by atoms with Crippen molar-refractivity contribution in [1.29, 1.82) is 0 Å². The Morgan fingerprint density at radius 3 is 2.69 bits per heavy atom. The molecule has 0 aliphatic carbocycles. The molecule has 2 unspecified atom stereocenters. The van der Waals surface area contributed by atoms with Crippen LogP contribution in [0.1, 0.15) is 45.1 Å². The lowest BCUT2D eigenvalue weighted by molar-refractivity contribution is -0.128. The number of hydrogen-bond donors (Lipinski definition) is 1. The van der Waals surface area contributed by atoms with E-state index in [9.17, 15) is 4.79 Å². The molecule has 1 aliphatic heterocycles. The largest absolute Gasteiger partial charge is 0.378 e. The van der Waals surface area contributed by atoms with E-state index in [1.165, 1.54) is 5.56 Å². The first-order chi connectivity index (χ1) is 12.4. The van der Waals surface area contributed by atoms with Gasteiger partial charge in [-0.3, -0.25) is 4.79 Å². The van der Waals surface area contributed by atoms with E-state index in [1.807, 2.05) is 0 Å². The second-order valence-corrected chi connectivity index (χ2v) is 8.45. The molecule has 1 heterocycles. The van der Waals surface area contributed by atoms with E-state index in [4.69, 9.17) is 4.74 Å². The van der Waals surface area contributed by atoms with Crippen LogP contribution >= 0.6 is 0 Å². The number of carbonyl (C=O) groups excluding carboxylic acids is 1. The minimum Gasteiger partial charge on any atom is -0.378 e. The van der Waals surface area contributed by atoms with Gasteiger partial charge in [-0.2, -0.15) is 0 Å². The molecule has 1 aliphatic rings. The fourth-order valence-electron chi connectivity index (χ4n) is 3.88. The number of rotatable bonds is 9. The number of carbonyl (C=O) groups is 1. The number of nitrogens with zero attached hydrogens (tertiary/aromatic N) is 1. The molecule has 0 saturated carbocycles. The minimum atomic E-state index is 0.000170. The molecule has 26 heavy (non-hydrogen) atoms. The lowest BCUT2D eigenvalue weighted by atomic mass is 9.69. The van der Waals surface area contributed by atoms with E-state index in [1.54, 1.807) is 0 Å². The third kappa shape index (κ3) is 6.73. The van der Waals surface area contributed by atoms with Crippen LogP contribution < -0.4 is 5.32 Å². The van der Waals surface area contributed by atoms with Crippen LogP contribution in [0.4, 0.5) is 0 Å². The van der Waals surface area contributed by atoms with Crippen LogP contribution in [0.3, 0.4) is 0 Å². The van der Waals surface area contributed by atoms with Crippen LogP contribution in [0.5, 0.6) is 0 Å². The monoisotopic (exact) mass is 360 g/mol. The second kappa shape index (κ2) is 10.1. The fourth-order valence-corrected chi connectivity index (χ4v) is 3.88. The first-order valence-electron chi connectivity index (χ1n) is 9.97. The topological polar surface area (TPSA) is 41.6 Å². The van der Waals surface area contributed by atoms with E-state index in [0.29, 0.717) is 12.3 Å². The predicted octanol–water partition coefficient (Wildman–Crippen LogP) is 3.51. The van der Waals surface area contributed by atoms with E-state index in [-0.39, 0.29) is 17.4 Å². The first-order valence-corrected chi connectivity index (χ1v) is 9.97. The molecule has 2 rings (SSSR count). The van der Waals surface area contributed by atoms with Crippen LogP contribution in [-0.4, -0.2) is 50.7 Å². The Balaban J connectivity index is 2.02. The maximum atomic E-state index is 12.7. The van der Waals surface area contributed by atoms with E-state index in [0.717, 1.165) is 45.4 Å². The van der Waals surface area contributed by atoms with Gasteiger partial charge in [-0.1, -0.05) is 44.2 Å². The van der Waals surface area contributed by atoms with Gasteiger partial charge in [-0.25, -0.2) is 0 Å². The zero-order valence-electron chi connectivity index (χ0n) is 17.0. The summed E-state index contributed by atoms with van der Waals surface area (Å²) in [7, 11) is 4.12. The summed E-state index contributed by atoms with van der Waals surface area (Å²) in [4.78, 5) is 14.8. The number of hydrogen-bond acceptors (Lipinski definition) is 3. The zero-order valence-corrected chi connectivity index (χ0v) is 17.0. The van der Waals surface area contributed by atoms with Crippen LogP contribution in [-0.2, 0) is 16.0 Å². The van der Waals surface area contributed by atoms with Gasteiger partial charge in [-0.05, 0) is 63.2 Å². The fraction of sp³-hybridized carbons (Fsp3) is 0.682. The molecule has 4 nitrogen and oxygen atoms in total. The van der Waals surface area contributed by atoms with E-state index in [2.05, 4.69) is 68.5 Å². The van der Waals surface area contributed by atoms with Crippen molar-refractivity contribution < 1.29 is 9.53 Å². The first kappa shape index (κ1) is 20.9. The molecule has 0 radical (unpaired) electrons. The number of benzene rings is 1. The molecule has 1 amide bonds. The zero-order chi connectivity index (χ0) is 19.0. The molecule has 0 aromatic heterocycles. The highest BCUT2D eigenvalue weighted by Gasteiger charge is 2.39. The molecule has 1 fully saturated rings. The normalized spacial score (nSPS) is 23.4. The van der Waals surface area contributed by atoms with Gasteiger partial charge in [0.05, 0.1) is 6.10 Å². The molecule has 146 valence electrons. The van der Waals surface area contributed by atoms with Crippen molar-refractivity contribution in [2.24, 2.45) is 11.3 Å². The van der Waals surface area contributed by atoms with Gasteiger partial charge in [-0.15, -0.1) is 0 Å². The quantitative estimate of drug-likeness (QED) is 0.685. The number of amides is 1. The van der Waals surface area contributed by atoms with Crippen molar-refractivity contribution in [2.75, 3.05) is 33.8 Å². The highest BCUT2D eigenvalue weighted by atomic mass is 16.5. The lowest BCUT2D eigenvalue weighted by Crippen LogP contribution is -2.42. The van der Waals surface area contributed by atoms with Gasteiger partial charge in [0, 0.05) is 19.6 Å². The van der Waals surface area contributed by atoms with Crippen molar-refractivity contribution in [1.82, 2.24) is 10.2 Å². The smallest absolute Gasteiger partial charge is 0.220 e. The summed E-state index contributed by atoms with van der Waals surface area (Å²) in [5.41, 5.74) is 1.32. The third-order valence-corrected chi connectivity index (χ3v) is 5.40. The Morgan fingerprint density at radius 2 is 2.04 bits per heavy atom. The predicted molar refractivity (Wildman–Crippen MR) is 107 cm³/mol. The Kier molecular flexibility index (Phi) is 8.11. The Morgan fingerprint density at radius 1 is 1.31 bits per heavy atom. The Labute approximate surface area is 159 Å². The minimum absolute atomic E-state index is 0.000170. The molecule has 1 saturated heterocycles. The van der Waals surface area contributed by atoms with Crippen LogP contribution in [0.25, 0.3) is 0 Å². The summed E-state index contributed by atoms with van der Waals surface area (Å²) in [5, 5.41) is 3.13. The highest BCUT2D eigenvalue weighted by molar-refractivity contribution is 5.76. The van der Waals surface area contributed by atoms with Crippen molar-refractivity contribution in [3.63, 3.8) is 0 Å². The molecule has 2 atom stereocenters. The van der Waals surface area contributed by atoms with Gasteiger partial charge in [0.2, 0.25) is 5.91 Å². The lowest BCUT2D eigenvalue weighted by Gasteiger charge is -2.42. The van der Waals surface area contributed by atoms with Gasteiger partial charge < -0.3 is 15.0 Å². The van der Waals surface area contributed by atoms with E-state index < -0.39 is 0 Å². The molecular formula is C22H36N2O2. The summed E-state index contributed by atoms with van der Waals surface area (Å²) in [6.45, 7) is 6.93. The second-order valence-electron chi connectivity index (χ2n) is 8.45. The summed E-state index contributed by atoms with van der Waals surface area (Å²) >= 11 is 0. The number of ether oxygens (including phenoxy) is 1. The van der Waals surface area contributed by atoms with Crippen LogP contribution in [0.15, 0.2) is 30.3 Å². The molecule has 4 heteroatoms. The maximum absolute atomic E-state index is 12.7. The van der Waals surface area contributed by atoms with Gasteiger partial charge >= 0.3 is 0 Å². The third-order valence-electron chi connectivity index (χ3n) is 5.40. The van der Waals surface area contributed by atoms with E-state index >= 15 is 0 Å². The summed E-state index contributed by atoms with van der Waals surface area (Å²) in [6.07, 6.45) is 4.69. The standard InChI is InChI=1S/C22H36N2O2/c1-18(2)20-16-22(11-14-26-20,15-19-9-6-5-7-10-19)17-21(25)23-12-8-13-24(3)4/h5-7,9-10,18,20H,8,11-17H2,1-4H3,(H,23,25). The Bertz CT molecular complexity index is 544. The van der Waals surface area contributed by atoms with Crippen molar-refractivity contribution in [2.45, 2.75) is 52.1 Å². The maximum Gasteiger partial charge on any atom is 0.220 e. The molecule has 0 spiro atoms. The average Bonchev–Trinajstić information content (AvgIpc) is 2.59.